The van der Waals surface area contributed by atoms with Crippen molar-refractivity contribution in [2.45, 2.75) is 70.6 Å². The lowest BCUT2D eigenvalue weighted by Gasteiger charge is -2.31. The maximum atomic E-state index is 12.0. The van der Waals surface area contributed by atoms with Gasteiger partial charge in [-0.2, -0.15) is 0 Å². The predicted molar refractivity (Wildman–Crippen MR) is 76.8 cm³/mol. The molecule has 1 rings (SSSR count). The Morgan fingerprint density at radius 3 is 2.41 bits per heavy atom. The van der Waals surface area contributed by atoms with Gasteiger partial charge in [-0.3, -0.25) is 4.21 Å². The molecule has 0 saturated heterocycles. The van der Waals surface area contributed by atoms with Gasteiger partial charge in [-0.05, 0) is 31.7 Å². The summed E-state index contributed by atoms with van der Waals surface area (Å²) in [6, 6.07) is 0.485. The minimum atomic E-state index is -0.669. The smallest absolute Gasteiger partial charge is 0.0394 e. The average Bonchev–Trinajstić information content (AvgIpc) is 2.35. The monoisotopic (exact) mass is 259 g/mol. The van der Waals surface area contributed by atoms with Gasteiger partial charge in [0.25, 0.3) is 0 Å². The van der Waals surface area contributed by atoms with Crippen molar-refractivity contribution in [2.24, 2.45) is 5.92 Å². The largest absolute Gasteiger partial charge is 0.313 e. The quantitative estimate of drug-likeness (QED) is 0.761. The topological polar surface area (TPSA) is 29.1 Å². The van der Waals surface area contributed by atoms with E-state index in [-0.39, 0.29) is 0 Å². The molecular weight excluding hydrogens is 230 g/mol. The number of hydrogen-bond acceptors (Lipinski definition) is 2. The fourth-order valence-corrected chi connectivity index (χ4v) is 3.73. The number of hydrogen-bond donors (Lipinski definition) is 1. The zero-order valence-corrected chi connectivity index (χ0v) is 12.5. The first kappa shape index (κ1) is 15.2. The molecule has 0 amide bonds. The van der Waals surface area contributed by atoms with E-state index in [9.17, 15) is 4.21 Å². The first-order valence-corrected chi connectivity index (χ1v) is 8.64. The third-order valence-corrected chi connectivity index (χ3v) is 5.48. The highest BCUT2D eigenvalue weighted by Gasteiger charge is 2.25. The van der Waals surface area contributed by atoms with Crippen molar-refractivity contribution in [1.29, 1.82) is 0 Å². The Balaban J connectivity index is 2.49. The highest BCUT2D eigenvalue weighted by Crippen LogP contribution is 2.27. The average molecular weight is 259 g/mol. The van der Waals surface area contributed by atoms with E-state index >= 15 is 0 Å². The van der Waals surface area contributed by atoms with E-state index in [2.05, 4.69) is 26.1 Å². The second-order valence-electron chi connectivity index (χ2n) is 5.55. The molecule has 2 nitrogen and oxygen atoms in total. The van der Waals surface area contributed by atoms with Gasteiger partial charge in [-0.1, -0.05) is 40.0 Å². The molecule has 1 aliphatic rings. The molecule has 2 atom stereocenters. The van der Waals surface area contributed by atoms with E-state index in [1.807, 2.05) is 0 Å². The van der Waals surface area contributed by atoms with E-state index < -0.39 is 10.8 Å². The van der Waals surface area contributed by atoms with Gasteiger partial charge >= 0.3 is 0 Å². The minimum Gasteiger partial charge on any atom is -0.313 e. The second-order valence-corrected chi connectivity index (χ2v) is 7.59. The summed E-state index contributed by atoms with van der Waals surface area (Å²) in [5.41, 5.74) is 0. The zero-order chi connectivity index (χ0) is 12.7. The molecule has 102 valence electrons. The van der Waals surface area contributed by atoms with Crippen molar-refractivity contribution < 1.29 is 4.21 Å². The predicted octanol–water partition coefficient (Wildman–Crippen LogP) is 3.09. The molecule has 0 spiro atoms. The molecule has 1 saturated carbocycles. The van der Waals surface area contributed by atoms with Crippen LogP contribution in [0.25, 0.3) is 0 Å². The van der Waals surface area contributed by atoms with Crippen LogP contribution in [0.4, 0.5) is 0 Å². The van der Waals surface area contributed by atoms with Crippen molar-refractivity contribution in [3.63, 3.8) is 0 Å². The molecular formula is C14H29NOS. The third-order valence-electron chi connectivity index (χ3n) is 3.75. The molecule has 1 N–H and O–H groups in total. The molecule has 0 radical (unpaired) electrons. The van der Waals surface area contributed by atoms with E-state index in [1.165, 1.54) is 32.1 Å². The lowest BCUT2D eigenvalue weighted by molar-refractivity contribution is 0.284. The summed E-state index contributed by atoms with van der Waals surface area (Å²) in [5, 5.41) is 3.93. The van der Waals surface area contributed by atoms with Gasteiger partial charge in [0.2, 0.25) is 0 Å². The fourth-order valence-electron chi connectivity index (χ4n) is 2.60. The van der Waals surface area contributed by atoms with Crippen LogP contribution in [0, 0.1) is 5.92 Å². The van der Waals surface area contributed by atoms with Crippen LogP contribution in [0.5, 0.6) is 0 Å². The summed E-state index contributed by atoms with van der Waals surface area (Å²) in [6.45, 7) is 7.39. The Morgan fingerprint density at radius 1 is 1.24 bits per heavy atom. The zero-order valence-electron chi connectivity index (χ0n) is 11.7. The molecule has 17 heavy (non-hydrogen) atoms. The molecule has 0 bridgehead atoms. The van der Waals surface area contributed by atoms with Gasteiger partial charge in [0, 0.05) is 27.8 Å². The van der Waals surface area contributed by atoms with Crippen LogP contribution >= 0.6 is 0 Å². The lowest BCUT2D eigenvalue weighted by Crippen LogP contribution is -2.42. The Morgan fingerprint density at radius 2 is 1.88 bits per heavy atom. The van der Waals surface area contributed by atoms with Gasteiger partial charge in [0.1, 0.15) is 0 Å². The van der Waals surface area contributed by atoms with Crippen LogP contribution in [0.1, 0.15) is 59.3 Å². The number of rotatable bonds is 7. The van der Waals surface area contributed by atoms with Crippen molar-refractivity contribution in [1.82, 2.24) is 5.32 Å². The molecule has 0 aliphatic heterocycles. The first-order chi connectivity index (χ1) is 8.15. The second kappa shape index (κ2) is 8.25. The normalized spacial score (nSPS) is 21.6. The van der Waals surface area contributed by atoms with Crippen LogP contribution in [0.15, 0.2) is 0 Å². The fraction of sp³-hybridized carbons (Fsp3) is 1.00. The molecule has 1 aliphatic carbocycles. The summed E-state index contributed by atoms with van der Waals surface area (Å²) >= 11 is 0. The molecule has 0 aromatic heterocycles. The summed E-state index contributed by atoms with van der Waals surface area (Å²) in [7, 11) is -0.669. The number of nitrogens with one attached hydrogen (secondary N) is 1. The van der Waals surface area contributed by atoms with E-state index in [0.717, 1.165) is 24.6 Å². The summed E-state index contributed by atoms with van der Waals surface area (Å²) in [4.78, 5) is 0. The minimum absolute atomic E-state index is 0.296. The van der Waals surface area contributed by atoms with Gasteiger partial charge in [-0.25, -0.2) is 0 Å². The van der Waals surface area contributed by atoms with Crippen molar-refractivity contribution in [3.8, 4) is 0 Å². The highest BCUT2D eigenvalue weighted by atomic mass is 32.2. The van der Waals surface area contributed by atoms with Crippen molar-refractivity contribution in [3.05, 3.63) is 0 Å². The van der Waals surface area contributed by atoms with Crippen LogP contribution < -0.4 is 5.32 Å². The first-order valence-electron chi connectivity index (χ1n) is 7.25. The summed E-state index contributed by atoms with van der Waals surface area (Å²) < 4.78 is 12.0. The van der Waals surface area contributed by atoms with Crippen LogP contribution in [-0.2, 0) is 10.8 Å². The van der Waals surface area contributed by atoms with Gasteiger partial charge in [0.15, 0.2) is 0 Å². The summed E-state index contributed by atoms with van der Waals surface area (Å²) in [6.07, 6.45) is 7.95. The highest BCUT2D eigenvalue weighted by molar-refractivity contribution is 7.85. The van der Waals surface area contributed by atoms with Crippen molar-refractivity contribution in [2.75, 3.05) is 12.3 Å². The molecule has 3 heteroatoms. The Labute approximate surface area is 109 Å². The van der Waals surface area contributed by atoms with Crippen LogP contribution in [-0.4, -0.2) is 27.8 Å². The standard InChI is InChI=1S/C14H29NOS/c1-4-10-15-14(11-17(16)12(2)3)13-8-6-5-7-9-13/h12-15H,4-11H2,1-3H3. The SMILES string of the molecule is CCCNC(CS(=O)C(C)C)C1CCCCC1. The Hall–Kier alpha value is 0.110. The van der Waals surface area contributed by atoms with Crippen LogP contribution in [0.2, 0.25) is 0 Å². The lowest BCUT2D eigenvalue weighted by atomic mass is 9.84. The van der Waals surface area contributed by atoms with Crippen molar-refractivity contribution >= 4 is 10.8 Å². The van der Waals surface area contributed by atoms with Gasteiger partial charge in [-0.15, -0.1) is 0 Å². The Kier molecular flexibility index (Phi) is 7.36. The van der Waals surface area contributed by atoms with E-state index in [0.29, 0.717) is 11.3 Å². The maximum Gasteiger partial charge on any atom is 0.0394 e. The van der Waals surface area contributed by atoms with E-state index in [4.69, 9.17) is 0 Å². The molecule has 1 fully saturated rings. The molecule has 0 aromatic carbocycles. The van der Waals surface area contributed by atoms with Gasteiger partial charge in [0.05, 0.1) is 0 Å². The van der Waals surface area contributed by atoms with Crippen LogP contribution in [0.3, 0.4) is 0 Å². The summed E-state index contributed by atoms with van der Waals surface area (Å²) in [5.74, 6) is 1.61. The molecule has 2 unspecified atom stereocenters. The molecule has 0 aromatic rings. The molecule has 0 heterocycles. The third kappa shape index (κ3) is 5.52. The maximum absolute atomic E-state index is 12.0. The Bertz CT molecular complexity index is 224. The van der Waals surface area contributed by atoms with Gasteiger partial charge < -0.3 is 5.32 Å². The van der Waals surface area contributed by atoms with E-state index in [1.54, 1.807) is 0 Å².